The minimum Gasteiger partial charge on any atom is -0.345 e. The lowest BCUT2D eigenvalue weighted by Crippen LogP contribution is -2.24. The van der Waals surface area contributed by atoms with Crippen LogP contribution in [0.1, 0.15) is 21.7 Å². The zero-order valence-corrected chi connectivity index (χ0v) is 19.2. The number of alkyl halides is 3. The molecule has 2 aromatic carbocycles. The predicted molar refractivity (Wildman–Crippen MR) is 124 cm³/mol. The Morgan fingerprint density at radius 2 is 1.91 bits per heavy atom. The Labute approximate surface area is 202 Å². The Hall–Kier alpha value is -3.31. The van der Waals surface area contributed by atoms with E-state index in [0.717, 1.165) is 23.9 Å². The number of nitrogens with one attached hydrogen (secondary N) is 2. The molecule has 0 fully saturated rings. The molecule has 0 saturated carbocycles. The summed E-state index contributed by atoms with van der Waals surface area (Å²) >= 11 is 6.97. The summed E-state index contributed by atoms with van der Waals surface area (Å²) < 4.78 is 40.2. The van der Waals surface area contributed by atoms with E-state index in [4.69, 9.17) is 11.6 Å². The molecule has 0 aliphatic heterocycles. The summed E-state index contributed by atoms with van der Waals surface area (Å²) in [6.07, 6.45) is -2.90. The Morgan fingerprint density at radius 3 is 2.62 bits per heavy atom. The molecule has 0 atom stereocenters. The fourth-order valence-corrected chi connectivity index (χ4v) is 3.82. The minimum atomic E-state index is -4.50. The maximum atomic E-state index is 12.8. The Balaban J connectivity index is 1.61. The molecule has 178 valence electrons. The molecule has 0 bridgehead atoms. The van der Waals surface area contributed by atoms with Gasteiger partial charge in [-0.05, 0) is 36.4 Å². The zero-order chi connectivity index (χ0) is 24.7. The van der Waals surface area contributed by atoms with Crippen molar-refractivity contribution in [2.75, 3.05) is 11.1 Å². The van der Waals surface area contributed by atoms with Gasteiger partial charge in [-0.15, -0.1) is 16.8 Å². The highest BCUT2D eigenvalue weighted by Gasteiger charge is 2.30. The summed E-state index contributed by atoms with van der Waals surface area (Å²) in [4.78, 5) is 24.6. The maximum absolute atomic E-state index is 12.8. The van der Waals surface area contributed by atoms with Crippen molar-refractivity contribution >= 4 is 40.9 Å². The van der Waals surface area contributed by atoms with Crippen LogP contribution in [-0.4, -0.2) is 32.3 Å². The van der Waals surface area contributed by atoms with Crippen LogP contribution in [0.15, 0.2) is 66.3 Å². The summed E-state index contributed by atoms with van der Waals surface area (Å²) in [5.41, 5.74) is -0.423. The van der Waals surface area contributed by atoms with Crippen molar-refractivity contribution in [1.82, 2.24) is 20.1 Å². The van der Waals surface area contributed by atoms with Crippen molar-refractivity contribution in [2.45, 2.75) is 24.4 Å². The van der Waals surface area contributed by atoms with Gasteiger partial charge in [0, 0.05) is 22.8 Å². The van der Waals surface area contributed by atoms with E-state index < -0.39 is 17.6 Å². The number of carbonyl (C=O) groups excluding carboxylic acids is 2. The fraction of sp³-hybridized carbons (Fsp3) is 0.182. The molecule has 0 radical (unpaired) electrons. The first kappa shape index (κ1) is 25.3. The van der Waals surface area contributed by atoms with E-state index in [2.05, 4.69) is 27.4 Å². The van der Waals surface area contributed by atoms with Crippen molar-refractivity contribution in [3.05, 3.63) is 83.2 Å². The molecule has 2 N–H and O–H groups in total. The van der Waals surface area contributed by atoms with Crippen LogP contribution in [0.2, 0.25) is 5.02 Å². The van der Waals surface area contributed by atoms with Crippen molar-refractivity contribution in [3.63, 3.8) is 0 Å². The van der Waals surface area contributed by atoms with Crippen LogP contribution in [0, 0.1) is 0 Å². The number of thioether (sulfide) groups is 1. The van der Waals surface area contributed by atoms with E-state index in [9.17, 15) is 22.8 Å². The lowest BCUT2D eigenvalue weighted by atomic mass is 10.2. The minimum absolute atomic E-state index is 0.0393. The van der Waals surface area contributed by atoms with Gasteiger partial charge in [-0.2, -0.15) is 13.2 Å². The molecule has 0 saturated heterocycles. The van der Waals surface area contributed by atoms with Crippen LogP contribution in [0.25, 0.3) is 0 Å². The molecule has 2 amide bonds. The van der Waals surface area contributed by atoms with E-state index >= 15 is 0 Å². The van der Waals surface area contributed by atoms with Gasteiger partial charge in [0.1, 0.15) is 0 Å². The third-order valence-electron chi connectivity index (χ3n) is 4.41. The Kier molecular flexibility index (Phi) is 8.35. The lowest BCUT2D eigenvalue weighted by molar-refractivity contribution is -0.137. The number of anilines is 1. The Morgan fingerprint density at radius 1 is 1.15 bits per heavy atom. The van der Waals surface area contributed by atoms with Crippen LogP contribution in [0.5, 0.6) is 0 Å². The molecule has 3 aromatic rings. The molecule has 1 heterocycles. The molecule has 7 nitrogen and oxygen atoms in total. The second-order valence-electron chi connectivity index (χ2n) is 6.91. The van der Waals surface area contributed by atoms with Gasteiger partial charge in [-0.25, -0.2) is 0 Å². The molecule has 0 aliphatic rings. The number of allylic oxidation sites excluding steroid dienone is 1. The van der Waals surface area contributed by atoms with E-state index in [1.807, 2.05) is 0 Å². The number of hydrogen-bond donors (Lipinski definition) is 2. The maximum Gasteiger partial charge on any atom is 0.416 e. The molecule has 3 rings (SSSR count). The molecule has 0 aliphatic carbocycles. The van der Waals surface area contributed by atoms with Gasteiger partial charge in [-0.3, -0.25) is 9.59 Å². The highest BCUT2D eigenvalue weighted by Crippen LogP contribution is 2.30. The standard InChI is InChI=1S/C22H19ClF3N5O2S/c1-2-9-31-18(12-27-20(33)14-5-3-7-16(23)10-14)29-30-21(31)34-13-19(32)28-17-8-4-6-15(11-17)22(24,25)26/h2-8,10-11H,1,9,12-13H2,(H,27,33)(H,28,32). The third kappa shape index (κ3) is 6.84. The average Bonchev–Trinajstić information content (AvgIpc) is 3.17. The molecule has 34 heavy (non-hydrogen) atoms. The van der Waals surface area contributed by atoms with Gasteiger partial charge in [0.25, 0.3) is 5.91 Å². The summed E-state index contributed by atoms with van der Waals surface area (Å²) in [5.74, 6) is -0.518. The number of amides is 2. The molecular formula is C22H19ClF3N5O2S. The second kappa shape index (κ2) is 11.2. The summed E-state index contributed by atoms with van der Waals surface area (Å²) in [6.45, 7) is 4.09. The Bertz CT molecular complexity index is 1200. The van der Waals surface area contributed by atoms with E-state index in [1.165, 1.54) is 18.2 Å². The highest BCUT2D eigenvalue weighted by atomic mass is 35.5. The molecule has 1 aromatic heterocycles. The number of halogens is 4. The second-order valence-corrected chi connectivity index (χ2v) is 8.29. The van der Waals surface area contributed by atoms with Gasteiger partial charge in [0.2, 0.25) is 5.91 Å². The molecular weight excluding hydrogens is 491 g/mol. The van der Waals surface area contributed by atoms with Gasteiger partial charge in [-0.1, -0.05) is 41.6 Å². The molecule has 0 unspecified atom stereocenters. The van der Waals surface area contributed by atoms with Gasteiger partial charge in [0.15, 0.2) is 11.0 Å². The van der Waals surface area contributed by atoms with Gasteiger partial charge >= 0.3 is 6.18 Å². The summed E-state index contributed by atoms with van der Waals surface area (Å²) in [5, 5.41) is 14.1. The quantitative estimate of drug-likeness (QED) is 0.319. The molecule has 12 heteroatoms. The number of benzene rings is 2. The largest absolute Gasteiger partial charge is 0.416 e. The van der Waals surface area contributed by atoms with Crippen LogP contribution in [-0.2, 0) is 24.1 Å². The van der Waals surface area contributed by atoms with E-state index in [1.54, 1.807) is 28.8 Å². The number of nitrogens with zero attached hydrogens (tertiary/aromatic N) is 3. The van der Waals surface area contributed by atoms with Crippen LogP contribution >= 0.6 is 23.4 Å². The third-order valence-corrected chi connectivity index (χ3v) is 5.61. The van der Waals surface area contributed by atoms with E-state index in [-0.39, 0.29) is 23.9 Å². The van der Waals surface area contributed by atoms with Crippen LogP contribution < -0.4 is 10.6 Å². The van der Waals surface area contributed by atoms with E-state index in [0.29, 0.717) is 28.1 Å². The zero-order valence-electron chi connectivity index (χ0n) is 17.6. The summed E-state index contributed by atoms with van der Waals surface area (Å²) in [6, 6.07) is 10.9. The predicted octanol–water partition coefficient (Wildman–Crippen LogP) is 4.80. The first-order chi connectivity index (χ1) is 16.2. The topological polar surface area (TPSA) is 88.9 Å². The van der Waals surface area contributed by atoms with Crippen molar-refractivity contribution in [1.29, 1.82) is 0 Å². The summed E-state index contributed by atoms with van der Waals surface area (Å²) in [7, 11) is 0. The van der Waals surface area contributed by atoms with Crippen LogP contribution in [0.3, 0.4) is 0 Å². The SMILES string of the molecule is C=CCn1c(CNC(=O)c2cccc(Cl)c2)nnc1SCC(=O)Nc1cccc(C(F)(F)F)c1. The average molecular weight is 510 g/mol. The highest BCUT2D eigenvalue weighted by molar-refractivity contribution is 7.99. The first-order valence-electron chi connectivity index (χ1n) is 9.84. The van der Waals surface area contributed by atoms with Crippen molar-refractivity contribution in [2.24, 2.45) is 0 Å². The van der Waals surface area contributed by atoms with Crippen molar-refractivity contribution in [3.8, 4) is 0 Å². The normalized spacial score (nSPS) is 11.2. The number of carbonyl (C=O) groups is 2. The van der Waals surface area contributed by atoms with Gasteiger partial charge in [0.05, 0.1) is 17.9 Å². The van der Waals surface area contributed by atoms with Gasteiger partial charge < -0.3 is 15.2 Å². The first-order valence-corrected chi connectivity index (χ1v) is 11.2. The monoisotopic (exact) mass is 509 g/mol. The molecule has 0 spiro atoms. The number of rotatable bonds is 9. The number of aromatic nitrogens is 3. The van der Waals surface area contributed by atoms with Crippen molar-refractivity contribution < 1.29 is 22.8 Å². The lowest BCUT2D eigenvalue weighted by Gasteiger charge is -2.10. The fourth-order valence-electron chi connectivity index (χ4n) is 2.86. The number of hydrogen-bond acceptors (Lipinski definition) is 5. The smallest absolute Gasteiger partial charge is 0.345 e. The van der Waals surface area contributed by atoms with Crippen LogP contribution in [0.4, 0.5) is 18.9 Å².